The van der Waals surface area contributed by atoms with Gasteiger partial charge in [-0.05, 0) is 5.92 Å². The van der Waals surface area contributed by atoms with Crippen LogP contribution in [0.5, 0.6) is 0 Å². The van der Waals surface area contributed by atoms with Crippen LogP contribution in [0, 0.1) is 5.92 Å². The first kappa shape index (κ1) is 21.7. The van der Waals surface area contributed by atoms with Crippen LogP contribution in [0.1, 0.15) is 26.7 Å². The van der Waals surface area contributed by atoms with E-state index < -0.39 is 0 Å². The van der Waals surface area contributed by atoms with Gasteiger partial charge in [0.1, 0.15) is 0 Å². The molecule has 7 heteroatoms. The van der Waals surface area contributed by atoms with Crippen molar-refractivity contribution in [3.05, 3.63) is 0 Å². The van der Waals surface area contributed by atoms with Gasteiger partial charge >= 0.3 is 0 Å². The lowest BCUT2D eigenvalue weighted by Gasteiger charge is -2.16. The number of nitrogens with one attached hydrogen (secondary N) is 3. The van der Waals surface area contributed by atoms with Gasteiger partial charge in [-0.25, -0.2) is 0 Å². The average molecular weight is 400 g/mol. The molecule has 0 aliphatic rings. The smallest absolute Gasteiger partial charge is 0.239 e. The van der Waals surface area contributed by atoms with Crippen LogP contribution in [0.25, 0.3) is 0 Å². The minimum absolute atomic E-state index is 0. The second kappa shape index (κ2) is 14.8. The van der Waals surface area contributed by atoms with Crippen molar-refractivity contribution in [2.75, 3.05) is 40.4 Å². The van der Waals surface area contributed by atoms with E-state index in [0.29, 0.717) is 25.0 Å². The molecule has 120 valence electrons. The number of carbonyl (C=O) groups excluding carboxylic acids is 1. The van der Waals surface area contributed by atoms with Crippen molar-refractivity contribution in [1.82, 2.24) is 16.0 Å². The molecule has 0 heterocycles. The third kappa shape index (κ3) is 11.3. The summed E-state index contributed by atoms with van der Waals surface area (Å²) in [5.74, 6) is 1.23. The Morgan fingerprint density at radius 2 is 1.85 bits per heavy atom. The van der Waals surface area contributed by atoms with Crippen molar-refractivity contribution >= 4 is 35.8 Å². The second-order valence-electron chi connectivity index (χ2n) is 4.33. The summed E-state index contributed by atoms with van der Waals surface area (Å²) in [5, 5.41) is 8.95. The quantitative estimate of drug-likeness (QED) is 0.233. The molecule has 0 aliphatic carbocycles. The lowest BCUT2D eigenvalue weighted by atomic mass is 10.0. The third-order valence-electron chi connectivity index (χ3n) is 2.98. The fourth-order valence-corrected chi connectivity index (χ4v) is 1.56. The Hall–Kier alpha value is -0.570. The largest absolute Gasteiger partial charge is 0.383 e. The summed E-state index contributed by atoms with van der Waals surface area (Å²) in [5.41, 5.74) is 0. The lowest BCUT2D eigenvalue weighted by molar-refractivity contribution is -0.120. The van der Waals surface area contributed by atoms with E-state index in [9.17, 15) is 4.79 Å². The highest BCUT2D eigenvalue weighted by Crippen LogP contribution is 2.04. The highest BCUT2D eigenvalue weighted by atomic mass is 127. The molecular formula is C13H29IN4O2. The van der Waals surface area contributed by atoms with Gasteiger partial charge in [0, 0.05) is 27.2 Å². The average Bonchev–Trinajstić information content (AvgIpc) is 2.43. The van der Waals surface area contributed by atoms with Crippen LogP contribution in [-0.2, 0) is 9.53 Å². The molecule has 0 spiro atoms. The number of ether oxygens (including phenoxy) is 1. The van der Waals surface area contributed by atoms with Crippen molar-refractivity contribution in [1.29, 1.82) is 0 Å². The van der Waals surface area contributed by atoms with Crippen LogP contribution >= 0.6 is 24.0 Å². The number of nitrogens with zero attached hydrogens (tertiary/aromatic N) is 1. The highest BCUT2D eigenvalue weighted by molar-refractivity contribution is 14.0. The summed E-state index contributed by atoms with van der Waals surface area (Å²) in [7, 11) is 3.30. The molecule has 0 rings (SSSR count). The number of hydrogen-bond donors (Lipinski definition) is 3. The molecule has 0 atom stereocenters. The van der Waals surface area contributed by atoms with Crippen molar-refractivity contribution in [3.63, 3.8) is 0 Å². The van der Waals surface area contributed by atoms with Crippen molar-refractivity contribution in [2.45, 2.75) is 26.7 Å². The third-order valence-corrected chi connectivity index (χ3v) is 2.98. The van der Waals surface area contributed by atoms with Gasteiger partial charge < -0.3 is 20.7 Å². The Kier molecular flexibility index (Phi) is 16.1. The first-order valence-electron chi connectivity index (χ1n) is 6.88. The molecule has 0 aromatic heterocycles. The molecule has 0 aliphatic heterocycles. The molecule has 0 fully saturated rings. The Labute approximate surface area is 139 Å². The predicted molar refractivity (Wildman–Crippen MR) is 93.7 cm³/mol. The molecule has 0 unspecified atom stereocenters. The molecule has 0 radical (unpaired) electrons. The monoisotopic (exact) mass is 400 g/mol. The number of carbonyl (C=O) groups is 1. The number of aliphatic imine (C=N–C) groups is 1. The number of amides is 1. The maximum absolute atomic E-state index is 11.5. The minimum atomic E-state index is -0.0671. The van der Waals surface area contributed by atoms with Crippen LogP contribution < -0.4 is 16.0 Å². The van der Waals surface area contributed by atoms with E-state index in [-0.39, 0.29) is 36.4 Å². The zero-order valence-electron chi connectivity index (χ0n) is 13.0. The number of rotatable bonds is 9. The Balaban J connectivity index is 0. The van der Waals surface area contributed by atoms with Crippen molar-refractivity contribution < 1.29 is 9.53 Å². The van der Waals surface area contributed by atoms with Gasteiger partial charge in [0.05, 0.1) is 13.2 Å². The van der Waals surface area contributed by atoms with Gasteiger partial charge in [-0.2, -0.15) is 0 Å². The van der Waals surface area contributed by atoms with Gasteiger partial charge in [0.25, 0.3) is 0 Å². The Bertz CT molecular complexity index is 271. The van der Waals surface area contributed by atoms with Crippen LogP contribution in [0.3, 0.4) is 0 Å². The van der Waals surface area contributed by atoms with Crippen LogP contribution in [0.4, 0.5) is 0 Å². The summed E-state index contributed by atoms with van der Waals surface area (Å²) < 4.78 is 4.86. The van der Waals surface area contributed by atoms with E-state index in [1.54, 1.807) is 14.2 Å². The predicted octanol–water partition coefficient (Wildman–Crippen LogP) is 0.968. The molecule has 0 aromatic rings. The van der Waals surface area contributed by atoms with Crippen molar-refractivity contribution in [3.8, 4) is 0 Å². The van der Waals surface area contributed by atoms with Gasteiger partial charge in [-0.3, -0.25) is 9.79 Å². The first-order valence-corrected chi connectivity index (χ1v) is 6.88. The molecule has 6 nitrogen and oxygen atoms in total. The maximum atomic E-state index is 11.5. The fourth-order valence-electron chi connectivity index (χ4n) is 1.56. The molecule has 20 heavy (non-hydrogen) atoms. The van der Waals surface area contributed by atoms with Crippen LogP contribution in [0.2, 0.25) is 0 Å². The van der Waals surface area contributed by atoms with E-state index in [4.69, 9.17) is 4.74 Å². The number of hydrogen-bond acceptors (Lipinski definition) is 3. The summed E-state index contributed by atoms with van der Waals surface area (Å²) in [6.45, 7) is 6.49. The highest BCUT2D eigenvalue weighted by Gasteiger charge is 2.06. The zero-order chi connectivity index (χ0) is 14.5. The molecular weight excluding hydrogens is 371 g/mol. The van der Waals surface area contributed by atoms with Gasteiger partial charge in [-0.15, -0.1) is 24.0 Å². The van der Waals surface area contributed by atoms with E-state index >= 15 is 0 Å². The Morgan fingerprint density at radius 3 is 2.35 bits per heavy atom. The summed E-state index contributed by atoms with van der Waals surface area (Å²) in [6, 6.07) is 0. The maximum Gasteiger partial charge on any atom is 0.239 e. The lowest BCUT2D eigenvalue weighted by Crippen LogP contribution is -2.44. The van der Waals surface area contributed by atoms with E-state index in [1.165, 1.54) is 0 Å². The SMILES string of the molecule is CCC(CC)CNC(=NC)NCC(=O)NCCOC.I. The molecule has 1 amide bonds. The van der Waals surface area contributed by atoms with Crippen LogP contribution in [0.15, 0.2) is 4.99 Å². The van der Waals surface area contributed by atoms with Crippen LogP contribution in [-0.4, -0.2) is 52.3 Å². The number of halogens is 1. The van der Waals surface area contributed by atoms with E-state index in [0.717, 1.165) is 19.4 Å². The minimum Gasteiger partial charge on any atom is -0.383 e. The standard InChI is InChI=1S/C13H28N4O2.HI/c1-5-11(6-2)9-16-13(14-3)17-10-12(18)15-7-8-19-4;/h11H,5-10H2,1-4H3,(H,15,18)(H2,14,16,17);1H. The molecule has 3 N–H and O–H groups in total. The molecule has 0 saturated carbocycles. The molecule has 0 aromatic carbocycles. The summed E-state index contributed by atoms with van der Waals surface area (Å²) >= 11 is 0. The molecule has 0 bridgehead atoms. The summed E-state index contributed by atoms with van der Waals surface area (Å²) in [6.07, 6.45) is 2.27. The second-order valence-corrected chi connectivity index (χ2v) is 4.33. The zero-order valence-corrected chi connectivity index (χ0v) is 15.3. The Morgan fingerprint density at radius 1 is 1.20 bits per heavy atom. The van der Waals surface area contributed by atoms with Gasteiger partial charge in [0.15, 0.2) is 5.96 Å². The van der Waals surface area contributed by atoms with Crippen molar-refractivity contribution in [2.24, 2.45) is 10.9 Å². The van der Waals surface area contributed by atoms with E-state index in [1.807, 2.05) is 0 Å². The summed E-state index contributed by atoms with van der Waals surface area (Å²) in [4.78, 5) is 15.6. The first-order chi connectivity index (χ1) is 9.17. The number of methoxy groups -OCH3 is 1. The fraction of sp³-hybridized carbons (Fsp3) is 0.846. The number of guanidine groups is 1. The molecule has 0 saturated heterocycles. The van der Waals surface area contributed by atoms with E-state index in [2.05, 4.69) is 34.8 Å². The van der Waals surface area contributed by atoms with Gasteiger partial charge in [0.2, 0.25) is 5.91 Å². The topological polar surface area (TPSA) is 74.8 Å². The normalized spacial score (nSPS) is 10.9. The van der Waals surface area contributed by atoms with Gasteiger partial charge in [-0.1, -0.05) is 26.7 Å².